The van der Waals surface area contributed by atoms with E-state index in [4.69, 9.17) is 9.47 Å². The Bertz CT molecular complexity index is 1430. The van der Waals surface area contributed by atoms with Crippen molar-refractivity contribution in [3.63, 3.8) is 0 Å². The van der Waals surface area contributed by atoms with Crippen molar-refractivity contribution in [2.75, 3.05) is 46.0 Å². The van der Waals surface area contributed by atoms with Gasteiger partial charge in [0, 0.05) is 19.5 Å². The number of halogens is 1. The van der Waals surface area contributed by atoms with Gasteiger partial charge in [0.05, 0.1) is 32.9 Å². The Kier molecular flexibility index (Phi) is 13.8. The standard InChI is InChI=1S/C36H48FN5O7/c1-24(2)19-29(35(47)41-30(20-26-9-12-27(37)13-10-26)33(45)38-21-31(43)36(3)23-49-36)40-34(46)28(14-11-25-7-5-4-6-8-25)39-32(44)22-42-15-17-48-18-16-42/h4-10,12-13,24,28-30H,11,14-23H2,1-3H3,(H,38,45)(H,39,44)(H,40,46)(H,41,47)/t28-,29-,30-,36+/m0/s1. The highest BCUT2D eigenvalue weighted by atomic mass is 19.1. The molecule has 0 bridgehead atoms. The Hall–Kier alpha value is -4.20. The van der Waals surface area contributed by atoms with Crippen LogP contribution in [0.15, 0.2) is 54.6 Å². The van der Waals surface area contributed by atoms with Crippen molar-refractivity contribution in [1.82, 2.24) is 26.2 Å². The van der Waals surface area contributed by atoms with Crippen molar-refractivity contribution in [2.24, 2.45) is 5.92 Å². The van der Waals surface area contributed by atoms with Gasteiger partial charge in [-0.05, 0) is 55.4 Å². The molecule has 4 amide bonds. The van der Waals surface area contributed by atoms with Gasteiger partial charge in [0.2, 0.25) is 23.6 Å². The van der Waals surface area contributed by atoms with Crippen LogP contribution in [0.4, 0.5) is 4.39 Å². The molecule has 2 aromatic rings. The molecule has 266 valence electrons. The maximum Gasteiger partial charge on any atom is 0.243 e. The van der Waals surface area contributed by atoms with E-state index >= 15 is 0 Å². The number of Topliss-reactive ketones (excluding diaryl/α,β-unsaturated/α-hetero) is 1. The summed E-state index contributed by atoms with van der Waals surface area (Å²) in [6.07, 6.45) is 1.08. The molecule has 4 atom stereocenters. The summed E-state index contributed by atoms with van der Waals surface area (Å²) >= 11 is 0. The monoisotopic (exact) mass is 681 g/mol. The molecule has 12 nitrogen and oxygen atoms in total. The maximum absolute atomic E-state index is 13.8. The third-order valence-electron chi connectivity index (χ3n) is 8.60. The van der Waals surface area contributed by atoms with Crippen LogP contribution in [-0.2, 0) is 46.3 Å². The summed E-state index contributed by atoms with van der Waals surface area (Å²) < 4.78 is 24.2. The molecule has 4 rings (SSSR count). The lowest BCUT2D eigenvalue weighted by molar-refractivity contribution is -0.134. The van der Waals surface area contributed by atoms with Crippen LogP contribution in [0, 0.1) is 11.7 Å². The lowest BCUT2D eigenvalue weighted by Crippen LogP contribution is -2.58. The SMILES string of the molecule is CC(C)C[C@H](NC(=O)[C@H](CCc1ccccc1)NC(=O)CN1CCOCC1)C(=O)N[C@@H](Cc1ccc(F)cc1)C(=O)NCC(=O)[C@@]1(C)CO1. The molecule has 2 aliphatic heterocycles. The first kappa shape index (κ1) is 37.6. The zero-order valence-corrected chi connectivity index (χ0v) is 28.5. The number of aryl methyl sites for hydroxylation is 1. The summed E-state index contributed by atoms with van der Waals surface area (Å²) in [6, 6.07) is 12.0. The van der Waals surface area contributed by atoms with Gasteiger partial charge in [-0.15, -0.1) is 0 Å². The number of hydrogen-bond acceptors (Lipinski definition) is 8. The lowest BCUT2D eigenvalue weighted by Gasteiger charge is -2.28. The summed E-state index contributed by atoms with van der Waals surface area (Å²) in [5.41, 5.74) is 0.651. The second-order valence-corrected chi connectivity index (χ2v) is 13.3. The van der Waals surface area contributed by atoms with Crippen LogP contribution in [0.3, 0.4) is 0 Å². The summed E-state index contributed by atoms with van der Waals surface area (Å²) in [5, 5.41) is 11.0. The third kappa shape index (κ3) is 12.3. The average Bonchev–Trinajstić information content (AvgIpc) is 3.84. The molecule has 2 aromatic carbocycles. The lowest BCUT2D eigenvalue weighted by atomic mass is 9.99. The Morgan fingerprint density at radius 3 is 2.10 bits per heavy atom. The minimum atomic E-state index is -1.13. The molecular weight excluding hydrogens is 633 g/mol. The predicted octanol–water partition coefficient (Wildman–Crippen LogP) is 1.31. The van der Waals surface area contributed by atoms with Crippen LogP contribution in [0.1, 0.15) is 44.7 Å². The molecule has 13 heteroatoms. The molecule has 4 N–H and O–H groups in total. The number of nitrogens with zero attached hydrogens (tertiary/aromatic N) is 1. The Morgan fingerprint density at radius 2 is 1.47 bits per heavy atom. The zero-order chi connectivity index (χ0) is 35.4. The molecule has 0 saturated carbocycles. The van der Waals surface area contributed by atoms with Crippen molar-refractivity contribution in [3.8, 4) is 0 Å². The number of benzene rings is 2. The Morgan fingerprint density at radius 1 is 0.837 bits per heavy atom. The van der Waals surface area contributed by atoms with Gasteiger partial charge in [-0.25, -0.2) is 4.39 Å². The number of morpholine rings is 1. The van der Waals surface area contributed by atoms with Gasteiger partial charge in [0.25, 0.3) is 0 Å². The van der Waals surface area contributed by atoms with Crippen molar-refractivity contribution in [1.29, 1.82) is 0 Å². The first-order valence-corrected chi connectivity index (χ1v) is 16.9. The molecule has 2 fully saturated rings. The highest BCUT2D eigenvalue weighted by molar-refractivity contribution is 5.97. The van der Waals surface area contributed by atoms with Crippen molar-refractivity contribution in [3.05, 3.63) is 71.5 Å². The van der Waals surface area contributed by atoms with Crippen molar-refractivity contribution in [2.45, 2.75) is 70.2 Å². The number of carbonyl (C=O) groups is 5. The molecule has 0 aliphatic carbocycles. The van der Waals surface area contributed by atoms with E-state index in [2.05, 4.69) is 21.3 Å². The van der Waals surface area contributed by atoms with Gasteiger partial charge in [-0.2, -0.15) is 0 Å². The van der Waals surface area contributed by atoms with Gasteiger partial charge in [0.1, 0.15) is 29.5 Å². The van der Waals surface area contributed by atoms with Gasteiger partial charge in [-0.1, -0.05) is 56.3 Å². The summed E-state index contributed by atoms with van der Waals surface area (Å²) in [5.74, 6) is -2.80. The first-order chi connectivity index (χ1) is 23.4. The summed E-state index contributed by atoms with van der Waals surface area (Å²) in [6.45, 7) is 7.81. The molecule has 0 spiro atoms. The van der Waals surface area contributed by atoms with Gasteiger partial charge < -0.3 is 30.7 Å². The highest BCUT2D eigenvalue weighted by Crippen LogP contribution is 2.26. The normalized spacial score (nSPS) is 19.3. The summed E-state index contributed by atoms with van der Waals surface area (Å²) in [7, 11) is 0. The van der Waals surface area contributed by atoms with E-state index in [0.717, 1.165) is 5.56 Å². The number of hydrogen-bond donors (Lipinski definition) is 4. The van der Waals surface area contributed by atoms with E-state index in [0.29, 0.717) is 44.7 Å². The zero-order valence-electron chi connectivity index (χ0n) is 28.5. The molecule has 2 aliphatic rings. The van der Waals surface area contributed by atoms with E-state index < -0.39 is 47.3 Å². The fourth-order valence-electron chi connectivity index (χ4n) is 5.49. The number of rotatable bonds is 18. The third-order valence-corrected chi connectivity index (χ3v) is 8.60. The molecule has 0 radical (unpaired) electrons. The minimum absolute atomic E-state index is 0.0133. The number of nitrogens with one attached hydrogen (secondary N) is 4. The minimum Gasteiger partial charge on any atom is -0.379 e. The predicted molar refractivity (Wildman–Crippen MR) is 180 cm³/mol. The number of carbonyl (C=O) groups excluding carboxylic acids is 5. The van der Waals surface area contributed by atoms with E-state index in [1.54, 1.807) is 6.92 Å². The van der Waals surface area contributed by atoms with Crippen LogP contribution in [0.25, 0.3) is 0 Å². The van der Waals surface area contributed by atoms with Gasteiger partial charge in [0.15, 0.2) is 5.78 Å². The average molecular weight is 682 g/mol. The van der Waals surface area contributed by atoms with Gasteiger partial charge >= 0.3 is 0 Å². The fourth-order valence-corrected chi connectivity index (χ4v) is 5.49. The van der Waals surface area contributed by atoms with Crippen LogP contribution in [0.2, 0.25) is 0 Å². The largest absolute Gasteiger partial charge is 0.379 e. The number of ketones is 1. The molecule has 49 heavy (non-hydrogen) atoms. The van der Waals surface area contributed by atoms with Crippen LogP contribution >= 0.6 is 0 Å². The van der Waals surface area contributed by atoms with E-state index in [9.17, 15) is 28.4 Å². The summed E-state index contributed by atoms with van der Waals surface area (Å²) in [4.78, 5) is 68.4. The topological polar surface area (TPSA) is 158 Å². The number of epoxide rings is 1. The molecule has 0 aromatic heterocycles. The second-order valence-electron chi connectivity index (χ2n) is 13.3. The fraction of sp³-hybridized carbons (Fsp3) is 0.528. The molecular formula is C36H48FN5O7. The van der Waals surface area contributed by atoms with Crippen LogP contribution in [-0.4, -0.2) is 104 Å². The quantitative estimate of drug-likeness (QED) is 0.172. The van der Waals surface area contributed by atoms with Crippen LogP contribution < -0.4 is 21.3 Å². The molecule has 2 saturated heterocycles. The maximum atomic E-state index is 13.8. The van der Waals surface area contributed by atoms with Crippen molar-refractivity contribution >= 4 is 29.4 Å². The van der Waals surface area contributed by atoms with Crippen LogP contribution in [0.5, 0.6) is 0 Å². The van der Waals surface area contributed by atoms with E-state index in [1.807, 2.05) is 49.1 Å². The molecule has 0 unspecified atom stereocenters. The van der Waals surface area contributed by atoms with Crippen molar-refractivity contribution < 1.29 is 37.8 Å². The Labute approximate surface area is 286 Å². The number of amides is 4. The van der Waals surface area contributed by atoms with Gasteiger partial charge in [-0.3, -0.25) is 28.9 Å². The highest BCUT2D eigenvalue weighted by Gasteiger charge is 2.46. The van der Waals surface area contributed by atoms with E-state index in [1.165, 1.54) is 24.3 Å². The second kappa shape index (κ2) is 18.0. The molecule has 2 heterocycles. The van der Waals surface area contributed by atoms with E-state index in [-0.39, 0.29) is 50.1 Å². The first-order valence-electron chi connectivity index (χ1n) is 16.9. The Balaban J connectivity index is 1.47. The smallest absolute Gasteiger partial charge is 0.243 e. The number of ether oxygens (including phenoxy) is 2.